The number of hydrogen-bond donors (Lipinski definition) is 1. The maximum Gasteiger partial charge on any atom is 0.130 e. The first-order valence-electron chi connectivity index (χ1n) is 6.46. The first-order chi connectivity index (χ1) is 8.70. The first kappa shape index (κ1) is 12.1. The monoisotopic (exact) mass is 253 g/mol. The minimum atomic E-state index is -0.523. The van der Waals surface area contributed by atoms with Crippen LogP contribution in [0.3, 0.4) is 0 Å². The van der Waals surface area contributed by atoms with Crippen molar-refractivity contribution in [3.8, 4) is 0 Å². The van der Waals surface area contributed by atoms with E-state index >= 15 is 0 Å². The van der Waals surface area contributed by atoms with Crippen LogP contribution in [0.2, 0.25) is 0 Å². The van der Waals surface area contributed by atoms with E-state index in [-0.39, 0.29) is 5.41 Å². The zero-order chi connectivity index (χ0) is 12.6. The molecule has 0 bridgehead atoms. The zero-order valence-electron chi connectivity index (χ0n) is 10.2. The van der Waals surface area contributed by atoms with Crippen LogP contribution in [0.5, 0.6) is 0 Å². The molecule has 2 saturated heterocycles. The van der Waals surface area contributed by atoms with Gasteiger partial charge in [-0.2, -0.15) is 0 Å². The molecule has 3 rings (SSSR count). The summed E-state index contributed by atoms with van der Waals surface area (Å²) in [7, 11) is 0. The molecular formula is C14H17F2NO. The molecule has 0 aromatic heterocycles. The van der Waals surface area contributed by atoms with E-state index in [0.29, 0.717) is 24.8 Å². The van der Waals surface area contributed by atoms with E-state index in [4.69, 9.17) is 4.74 Å². The highest BCUT2D eigenvalue weighted by Gasteiger charge is 2.44. The molecule has 0 amide bonds. The molecule has 18 heavy (non-hydrogen) atoms. The molecule has 1 aromatic rings. The number of nitrogens with one attached hydrogen (secondary N) is 1. The summed E-state index contributed by atoms with van der Waals surface area (Å²) in [6, 6.07) is 4.30. The van der Waals surface area contributed by atoms with Gasteiger partial charge >= 0.3 is 0 Å². The predicted molar refractivity (Wildman–Crippen MR) is 64.5 cm³/mol. The van der Waals surface area contributed by atoms with Crippen LogP contribution in [-0.2, 0) is 10.2 Å². The van der Waals surface area contributed by atoms with Crippen LogP contribution in [0, 0.1) is 11.6 Å². The molecule has 0 radical (unpaired) electrons. The molecule has 0 aliphatic carbocycles. The summed E-state index contributed by atoms with van der Waals surface area (Å²) in [6.07, 6.45) is 3.17. The van der Waals surface area contributed by atoms with Crippen molar-refractivity contribution in [1.29, 1.82) is 0 Å². The van der Waals surface area contributed by atoms with Crippen LogP contribution in [-0.4, -0.2) is 25.8 Å². The van der Waals surface area contributed by atoms with Crippen molar-refractivity contribution < 1.29 is 13.5 Å². The van der Waals surface area contributed by atoms with Gasteiger partial charge in [0.05, 0.1) is 13.2 Å². The molecule has 0 saturated carbocycles. The predicted octanol–water partition coefficient (Wildman–Crippen LogP) is 2.37. The average Bonchev–Trinajstić information content (AvgIpc) is 2.77. The van der Waals surface area contributed by atoms with E-state index in [2.05, 4.69) is 5.32 Å². The van der Waals surface area contributed by atoms with Crippen molar-refractivity contribution in [3.63, 3.8) is 0 Å². The standard InChI is InChI=1S/C14H17F2NO/c15-10-3-4-12(13(16)6-10)14(8-18-9-14)7-11-2-1-5-17-11/h3-4,6,11,17H,1-2,5,7-9H2. The van der Waals surface area contributed by atoms with Crippen LogP contribution in [0.4, 0.5) is 8.78 Å². The van der Waals surface area contributed by atoms with Gasteiger partial charge in [-0.05, 0) is 37.4 Å². The van der Waals surface area contributed by atoms with Crippen LogP contribution in [0.1, 0.15) is 24.8 Å². The third-order valence-corrected chi connectivity index (χ3v) is 4.06. The van der Waals surface area contributed by atoms with E-state index in [1.165, 1.54) is 12.5 Å². The molecule has 98 valence electrons. The number of hydrogen-bond acceptors (Lipinski definition) is 2. The highest BCUT2D eigenvalue weighted by atomic mass is 19.1. The van der Waals surface area contributed by atoms with Gasteiger partial charge in [0.15, 0.2) is 0 Å². The molecule has 2 heterocycles. The Morgan fingerprint density at radius 1 is 1.33 bits per heavy atom. The molecule has 1 atom stereocenters. The topological polar surface area (TPSA) is 21.3 Å². The highest BCUT2D eigenvalue weighted by molar-refractivity contribution is 5.30. The maximum absolute atomic E-state index is 13.9. The van der Waals surface area contributed by atoms with Gasteiger partial charge in [-0.1, -0.05) is 6.07 Å². The van der Waals surface area contributed by atoms with E-state index in [1.807, 2.05) is 0 Å². The minimum absolute atomic E-state index is 0.264. The second kappa shape index (κ2) is 4.59. The molecular weight excluding hydrogens is 236 g/mol. The zero-order valence-corrected chi connectivity index (χ0v) is 10.2. The fourth-order valence-corrected chi connectivity index (χ4v) is 3.05. The third kappa shape index (κ3) is 2.04. The second-order valence-electron chi connectivity index (χ2n) is 5.39. The Morgan fingerprint density at radius 2 is 2.17 bits per heavy atom. The van der Waals surface area contributed by atoms with E-state index in [0.717, 1.165) is 25.5 Å². The van der Waals surface area contributed by atoms with Gasteiger partial charge in [-0.3, -0.25) is 0 Å². The van der Waals surface area contributed by atoms with Crippen molar-refractivity contribution in [3.05, 3.63) is 35.4 Å². The molecule has 1 aromatic carbocycles. The van der Waals surface area contributed by atoms with Gasteiger partial charge in [0.2, 0.25) is 0 Å². The van der Waals surface area contributed by atoms with Crippen molar-refractivity contribution in [2.45, 2.75) is 30.7 Å². The number of ether oxygens (including phenoxy) is 1. The van der Waals surface area contributed by atoms with Gasteiger partial charge < -0.3 is 10.1 Å². The fraction of sp³-hybridized carbons (Fsp3) is 0.571. The summed E-state index contributed by atoms with van der Waals surface area (Å²) in [4.78, 5) is 0. The van der Waals surface area contributed by atoms with Crippen LogP contribution >= 0.6 is 0 Å². The maximum atomic E-state index is 13.9. The smallest absolute Gasteiger partial charge is 0.130 e. The van der Waals surface area contributed by atoms with Crippen molar-refractivity contribution >= 4 is 0 Å². The lowest BCUT2D eigenvalue weighted by atomic mass is 9.73. The van der Waals surface area contributed by atoms with E-state index in [9.17, 15) is 8.78 Å². The Labute approximate surface area is 105 Å². The third-order valence-electron chi connectivity index (χ3n) is 4.06. The molecule has 2 aliphatic heterocycles. The van der Waals surface area contributed by atoms with Gasteiger partial charge in [0.25, 0.3) is 0 Å². The Kier molecular flexibility index (Phi) is 3.08. The van der Waals surface area contributed by atoms with Gasteiger partial charge in [-0.15, -0.1) is 0 Å². The molecule has 1 N–H and O–H groups in total. The summed E-state index contributed by atoms with van der Waals surface area (Å²) in [6.45, 7) is 2.11. The number of rotatable bonds is 3. The van der Waals surface area contributed by atoms with Gasteiger partial charge in [0, 0.05) is 17.5 Å². The Hall–Kier alpha value is -1.00. The second-order valence-corrected chi connectivity index (χ2v) is 5.39. The highest BCUT2D eigenvalue weighted by Crippen LogP contribution is 2.39. The Morgan fingerprint density at radius 3 is 2.72 bits per heavy atom. The minimum Gasteiger partial charge on any atom is -0.379 e. The summed E-state index contributed by atoms with van der Waals surface area (Å²) in [5.41, 5.74) is 0.337. The van der Waals surface area contributed by atoms with Crippen molar-refractivity contribution in [2.75, 3.05) is 19.8 Å². The molecule has 4 heteroatoms. The lowest BCUT2D eigenvalue weighted by Gasteiger charge is -2.43. The van der Waals surface area contributed by atoms with Crippen LogP contribution < -0.4 is 5.32 Å². The normalized spacial score (nSPS) is 26.0. The number of halogens is 2. The Balaban J connectivity index is 1.85. The van der Waals surface area contributed by atoms with E-state index < -0.39 is 11.6 Å². The quantitative estimate of drug-likeness (QED) is 0.893. The van der Waals surface area contributed by atoms with Gasteiger partial charge in [-0.25, -0.2) is 8.78 Å². The Bertz CT molecular complexity index is 439. The van der Waals surface area contributed by atoms with Crippen LogP contribution in [0.25, 0.3) is 0 Å². The largest absolute Gasteiger partial charge is 0.379 e. The SMILES string of the molecule is Fc1ccc(C2(CC3CCCN3)COC2)c(F)c1. The molecule has 2 aliphatic rings. The van der Waals surface area contributed by atoms with Crippen molar-refractivity contribution in [2.24, 2.45) is 0 Å². The average molecular weight is 253 g/mol. The fourth-order valence-electron chi connectivity index (χ4n) is 3.05. The molecule has 1 unspecified atom stereocenters. The number of benzene rings is 1. The summed E-state index contributed by atoms with van der Waals surface area (Å²) >= 11 is 0. The molecule has 2 nitrogen and oxygen atoms in total. The van der Waals surface area contributed by atoms with Gasteiger partial charge in [0.1, 0.15) is 11.6 Å². The van der Waals surface area contributed by atoms with E-state index in [1.54, 1.807) is 6.07 Å². The summed E-state index contributed by atoms with van der Waals surface area (Å²) in [5.74, 6) is -0.970. The molecule has 0 spiro atoms. The van der Waals surface area contributed by atoms with Crippen molar-refractivity contribution in [1.82, 2.24) is 5.32 Å². The first-order valence-corrected chi connectivity index (χ1v) is 6.46. The lowest BCUT2D eigenvalue weighted by molar-refractivity contribution is -0.0695. The molecule has 2 fully saturated rings. The summed E-state index contributed by atoms with van der Waals surface area (Å²) < 4.78 is 32.2. The van der Waals surface area contributed by atoms with Crippen LogP contribution in [0.15, 0.2) is 18.2 Å². The summed E-state index contributed by atoms with van der Waals surface area (Å²) in [5, 5.41) is 3.43. The lowest BCUT2D eigenvalue weighted by Crippen LogP contribution is -2.50.